The van der Waals surface area contributed by atoms with Crippen molar-refractivity contribution in [3.05, 3.63) is 50.7 Å². The molecule has 0 radical (unpaired) electrons. The molecule has 5 heteroatoms. The first kappa shape index (κ1) is 14.6. The molecule has 0 aliphatic heterocycles. The summed E-state index contributed by atoms with van der Waals surface area (Å²) in [6, 6.07) is 7.66. The van der Waals surface area contributed by atoms with Crippen molar-refractivity contribution in [1.29, 1.82) is 0 Å². The molecule has 0 amide bonds. The third-order valence-corrected chi connectivity index (χ3v) is 4.41. The summed E-state index contributed by atoms with van der Waals surface area (Å²) in [5.74, 6) is 0. The first-order valence-electron chi connectivity index (χ1n) is 5.98. The smallest absolute Gasteiger partial charge is 0.130 e. The van der Waals surface area contributed by atoms with Crippen molar-refractivity contribution >= 4 is 27.5 Å². The molecule has 0 bridgehead atoms. The van der Waals surface area contributed by atoms with Crippen LogP contribution >= 0.6 is 27.5 Å². The van der Waals surface area contributed by atoms with Crippen LogP contribution in [0, 0.1) is 6.92 Å². The molecule has 0 spiro atoms. The van der Waals surface area contributed by atoms with E-state index < -0.39 is 5.60 Å². The first-order chi connectivity index (χ1) is 8.83. The number of aryl methyl sites for hydroxylation is 2. The SMILES string of the molecule is Cc1nn(C)c(Cl)c1CC(C)(O)c1ccccc1Br. The largest absolute Gasteiger partial charge is 0.385 e. The quantitative estimate of drug-likeness (QED) is 0.925. The molecule has 1 aromatic carbocycles. The number of hydrogen-bond acceptors (Lipinski definition) is 2. The zero-order valence-corrected chi connectivity index (χ0v) is 13.5. The van der Waals surface area contributed by atoms with Crippen molar-refractivity contribution < 1.29 is 5.11 Å². The van der Waals surface area contributed by atoms with E-state index in [9.17, 15) is 5.11 Å². The summed E-state index contributed by atoms with van der Waals surface area (Å²) >= 11 is 9.70. The molecule has 1 heterocycles. The number of rotatable bonds is 3. The molecule has 1 atom stereocenters. The summed E-state index contributed by atoms with van der Waals surface area (Å²) < 4.78 is 2.51. The summed E-state index contributed by atoms with van der Waals surface area (Å²) in [6.07, 6.45) is 0.425. The number of hydrogen-bond donors (Lipinski definition) is 1. The maximum absolute atomic E-state index is 10.8. The summed E-state index contributed by atoms with van der Waals surface area (Å²) in [5, 5.41) is 15.6. The topological polar surface area (TPSA) is 38.0 Å². The van der Waals surface area contributed by atoms with Crippen LogP contribution in [0.25, 0.3) is 0 Å². The molecule has 0 aliphatic carbocycles. The highest BCUT2D eigenvalue weighted by atomic mass is 79.9. The Morgan fingerprint density at radius 1 is 1.42 bits per heavy atom. The number of halogens is 2. The van der Waals surface area contributed by atoms with Gasteiger partial charge >= 0.3 is 0 Å². The molecule has 102 valence electrons. The van der Waals surface area contributed by atoms with E-state index in [-0.39, 0.29) is 0 Å². The summed E-state index contributed by atoms with van der Waals surface area (Å²) in [4.78, 5) is 0. The van der Waals surface area contributed by atoms with Crippen molar-refractivity contribution in [3.63, 3.8) is 0 Å². The standard InChI is InChI=1S/C14H16BrClN2O/c1-9-10(13(16)18(3)17-9)8-14(2,19)11-6-4-5-7-12(11)15/h4-7,19H,8H2,1-3H3. The first-order valence-corrected chi connectivity index (χ1v) is 7.15. The van der Waals surface area contributed by atoms with Crippen LogP contribution < -0.4 is 0 Å². The average molecular weight is 344 g/mol. The monoisotopic (exact) mass is 342 g/mol. The fourth-order valence-corrected chi connectivity index (χ4v) is 3.17. The van der Waals surface area contributed by atoms with Gasteiger partial charge in [0.15, 0.2) is 0 Å². The zero-order chi connectivity index (χ0) is 14.2. The Balaban J connectivity index is 2.39. The van der Waals surface area contributed by atoms with Crippen LogP contribution in [0.1, 0.15) is 23.7 Å². The fraction of sp³-hybridized carbons (Fsp3) is 0.357. The Kier molecular flexibility index (Phi) is 4.04. The van der Waals surface area contributed by atoms with Gasteiger partial charge < -0.3 is 5.11 Å². The molecule has 1 N–H and O–H groups in total. The molecule has 2 aromatic rings. The van der Waals surface area contributed by atoms with Gasteiger partial charge in [0, 0.05) is 23.5 Å². The van der Waals surface area contributed by atoms with Crippen LogP contribution in [-0.4, -0.2) is 14.9 Å². The van der Waals surface area contributed by atoms with E-state index in [1.807, 2.05) is 31.2 Å². The highest BCUT2D eigenvalue weighted by Gasteiger charge is 2.28. The number of aliphatic hydroxyl groups is 1. The van der Waals surface area contributed by atoms with Gasteiger partial charge in [-0.25, -0.2) is 0 Å². The summed E-state index contributed by atoms with van der Waals surface area (Å²) in [7, 11) is 1.80. The van der Waals surface area contributed by atoms with Gasteiger partial charge in [-0.1, -0.05) is 45.7 Å². The average Bonchev–Trinajstić information content (AvgIpc) is 2.56. The van der Waals surface area contributed by atoms with Gasteiger partial charge in [0.1, 0.15) is 5.15 Å². The predicted octanol–water partition coefficient (Wildman–Crippen LogP) is 3.59. The summed E-state index contributed by atoms with van der Waals surface area (Å²) in [6.45, 7) is 3.69. The van der Waals surface area contributed by atoms with Crippen molar-refractivity contribution in [3.8, 4) is 0 Å². The molecule has 2 rings (SSSR count). The van der Waals surface area contributed by atoms with E-state index in [0.29, 0.717) is 11.6 Å². The fourth-order valence-electron chi connectivity index (χ4n) is 2.21. The second kappa shape index (κ2) is 5.27. The predicted molar refractivity (Wildman–Crippen MR) is 80.4 cm³/mol. The van der Waals surface area contributed by atoms with Crippen molar-refractivity contribution in [1.82, 2.24) is 9.78 Å². The minimum absolute atomic E-state index is 0.425. The molecule has 3 nitrogen and oxygen atoms in total. The third kappa shape index (κ3) is 2.86. The van der Waals surface area contributed by atoms with Crippen LogP contribution in [0.15, 0.2) is 28.7 Å². The minimum atomic E-state index is -1.00. The maximum Gasteiger partial charge on any atom is 0.130 e. The zero-order valence-electron chi connectivity index (χ0n) is 11.1. The molecular formula is C14H16BrClN2O. The molecule has 0 aliphatic rings. The van der Waals surface area contributed by atoms with Crippen LogP contribution in [0.2, 0.25) is 5.15 Å². The normalized spacial score (nSPS) is 14.4. The van der Waals surface area contributed by atoms with Gasteiger partial charge in [0.25, 0.3) is 0 Å². The Morgan fingerprint density at radius 2 is 2.05 bits per heavy atom. The molecule has 1 aromatic heterocycles. The van der Waals surface area contributed by atoms with Crippen molar-refractivity contribution in [2.75, 3.05) is 0 Å². The van der Waals surface area contributed by atoms with Gasteiger partial charge in [0.05, 0.1) is 11.3 Å². The van der Waals surface area contributed by atoms with Crippen LogP contribution in [0.4, 0.5) is 0 Å². The number of nitrogens with zero attached hydrogens (tertiary/aromatic N) is 2. The Morgan fingerprint density at radius 3 is 2.58 bits per heavy atom. The van der Waals surface area contributed by atoms with E-state index in [4.69, 9.17) is 11.6 Å². The number of aromatic nitrogens is 2. The highest BCUT2D eigenvalue weighted by Crippen LogP contribution is 2.33. The lowest BCUT2D eigenvalue weighted by Gasteiger charge is -2.25. The molecule has 0 fully saturated rings. The van der Waals surface area contributed by atoms with Crippen molar-refractivity contribution in [2.45, 2.75) is 25.9 Å². The number of benzene rings is 1. The lowest BCUT2D eigenvalue weighted by Crippen LogP contribution is -2.25. The molecule has 1 unspecified atom stereocenters. The van der Waals surface area contributed by atoms with Gasteiger partial charge in [-0.15, -0.1) is 0 Å². The Labute approximate surface area is 126 Å². The van der Waals surface area contributed by atoms with Gasteiger partial charge in [0.2, 0.25) is 0 Å². The van der Waals surface area contributed by atoms with Gasteiger partial charge in [-0.05, 0) is 25.5 Å². The highest BCUT2D eigenvalue weighted by molar-refractivity contribution is 9.10. The molecule has 0 saturated heterocycles. The lowest BCUT2D eigenvalue weighted by molar-refractivity contribution is 0.0567. The van der Waals surface area contributed by atoms with Crippen molar-refractivity contribution in [2.24, 2.45) is 7.05 Å². The lowest BCUT2D eigenvalue weighted by atomic mass is 9.89. The van der Waals surface area contributed by atoms with Crippen LogP contribution in [-0.2, 0) is 19.1 Å². The molecule has 19 heavy (non-hydrogen) atoms. The van der Waals surface area contributed by atoms with E-state index in [0.717, 1.165) is 21.3 Å². The summed E-state index contributed by atoms with van der Waals surface area (Å²) in [5.41, 5.74) is 1.57. The van der Waals surface area contributed by atoms with Crippen LogP contribution in [0.3, 0.4) is 0 Å². The van der Waals surface area contributed by atoms with E-state index in [1.165, 1.54) is 0 Å². The van der Waals surface area contributed by atoms with Gasteiger partial charge in [-0.2, -0.15) is 5.10 Å². The third-order valence-electron chi connectivity index (χ3n) is 3.24. The van der Waals surface area contributed by atoms with E-state index in [1.54, 1.807) is 18.7 Å². The molecular weight excluding hydrogens is 328 g/mol. The molecule has 0 saturated carbocycles. The van der Waals surface area contributed by atoms with E-state index in [2.05, 4.69) is 21.0 Å². The Bertz CT molecular complexity index is 607. The minimum Gasteiger partial charge on any atom is -0.385 e. The van der Waals surface area contributed by atoms with Gasteiger partial charge in [-0.3, -0.25) is 4.68 Å². The van der Waals surface area contributed by atoms with E-state index >= 15 is 0 Å². The second-order valence-electron chi connectivity index (χ2n) is 4.91. The Hall–Kier alpha value is -0.840. The van der Waals surface area contributed by atoms with Crippen LogP contribution in [0.5, 0.6) is 0 Å². The maximum atomic E-state index is 10.8. The second-order valence-corrected chi connectivity index (χ2v) is 6.12.